The van der Waals surface area contributed by atoms with Gasteiger partial charge in [-0.25, -0.2) is 4.98 Å². The van der Waals surface area contributed by atoms with Crippen LogP contribution >= 0.6 is 0 Å². The number of oxazole rings is 1. The summed E-state index contributed by atoms with van der Waals surface area (Å²) in [6.07, 6.45) is 12.7. The summed E-state index contributed by atoms with van der Waals surface area (Å²) < 4.78 is 5.56. The van der Waals surface area contributed by atoms with Crippen LogP contribution in [0.2, 0.25) is 0 Å². The third kappa shape index (κ3) is 5.33. The Labute approximate surface area is 162 Å². The van der Waals surface area contributed by atoms with Crippen LogP contribution in [0.3, 0.4) is 0 Å². The van der Waals surface area contributed by atoms with Crippen LogP contribution in [-0.4, -0.2) is 33.8 Å². The fourth-order valence-electron chi connectivity index (χ4n) is 4.25. The van der Waals surface area contributed by atoms with Gasteiger partial charge in [-0.05, 0) is 25.7 Å². The molecule has 150 valence electrons. The molecule has 2 aliphatic carbocycles. The summed E-state index contributed by atoms with van der Waals surface area (Å²) in [7, 11) is 0. The number of hydrogen-bond acceptors (Lipinski definition) is 4. The molecule has 0 bridgehead atoms. The highest BCUT2D eigenvalue weighted by molar-refractivity contribution is 5.92. The van der Waals surface area contributed by atoms with Crippen LogP contribution in [0.25, 0.3) is 0 Å². The van der Waals surface area contributed by atoms with Gasteiger partial charge < -0.3 is 14.6 Å². The van der Waals surface area contributed by atoms with E-state index in [1.165, 1.54) is 31.9 Å². The SMILES string of the molecule is CC(C)C(=O)N(Cc1nc(C(=O)NC2CCCCC2)co1)C1CCCCC1. The zero-order valence-corrected chi connectivity index (χ0v) is 16.7. The first-order valence-corrected chi connectivity index (χ1v) is 10.6. The van der Waals surface area contributed by atoms with Crippen molar-refractivity contribution in [1.82, 2.24) is 15.2 Å². The van der Waals surface area contributed by atoms with Gasteiger partial charge >= 0.3 is 0 Å². The van der Waals surface area contributed by atoms with Gasteiger partial charge in [-0.1, -0.05) is 52.4 Å². The Morgan fingerprint density at radius 2 is 1.74 bits per heavy atom. The van der Waals surface area contributed by atoms with E-state index in [0.717, 1.165) is 38.5 Å². The van der Waals surface area contributed by atoms with Crippen molar-refractivity contribution < 1.29 is 14.0 Å². The zero-order valence-electron chi connectivity index (χ0n) is 16.7. The minimum Gasteiger partial charge on any atom is -0.446 e. The number of hydrogen-bond donors (Lipinski definition) is 1. The molecule has 3 rings (SSSR count). The second kappa shape index (κ2) is 9.38. The van der Waals surface area contributed by atoms with Crippen LogP contribution in [0, 0.1) is 5.92 Å². The Morgan fingerprint density at radius 3 is 2.37 bits per heavy atom. The number of amides is 2. The van der Waals surface area contributed by atoms with Crippen molar-refractivity contribution >= 4 is 11.8 Å². The zero-order chi connectivity index (χ0) is 19.2. The van der Waals surface area contributed by atoms with E-state index in [1.807, 2.05) is 18.7 Å². The largest absolute Gasteiger partial charge is 0.446 e. The summed E-state index contributed by atoms with van der Waals surface area (Å²) in [6.45, 7) is 4.20. The molecule has 0 spiro atoms. The van der Waals surface area contributed by atoms with Gasteiger partial charge in [0.25, 0.3) is 5.91 Å². The van der Waals surface area contributed by atoms with E-state index in [0.29, 0.717) is 18.1 Å². The average molecular weight is 376 g/mol. The number of carbonyl (C=O) groups is 2. The first-order valence-electron chi connectivity index (χ1n) is 10.6. The monoisotopic (exact) mass is 375 g/mol. The molecule has 1 aromatic heterocycles. The minimum absolute atomic E-state index is 0.0593. The van der Waals surface area contributed by atoms with Gasteiger partial charge in [0.1, 0.15) is 6.26 Å². The van der Waals surface area contributed by atoms with Gasteiger partial charge in [-0.15, -0.1) is 0 Å². The molecular formula is C21H33N3O3. The summed E-state index contributed by atoms with van der Waals surface area (Å²) in [5.74, 6) is 0.351. The van der Waals surface area contributed by atoms with Crippen LogP contribution in [0.1, 0.15) is 94.4 Å². The molecule has 6 nitrogen and oxygen atoms in total. The van der Waals surface area contributed by atoms with E-state index >= 15 is 0 Å². The van der Waals surface area contributed by atoms with Crippen LogP contribution in [0.5, 0.6) is 0 Å². The lowest BCUT2D eigenvalue weighted by Crippen LogP contribution is -2.43. The first-order chi connectivity index (χ1) is 13.0. The van der Waals surface area contributed by atoms with E-state index in [2.05, 4.69) is 10.3 Å². The molecule has 2 aliphatic rings. The van der Waals surface area contributed by atoms with Gasteiger partial charge in [-0.3, -0.25) is 9.59 Å². The molecule has 0 radical (unpaired) electrons. The number of carbonyl (C=O) groups excluding carboxylic acids is 2. The Morgan fingerprint density at radius 1 is 1.11 bits per heavy atom. The molecule has 0 atom stereocenters. The lowest BCUT2D eigenvalue weighted by molar-refractivity contribution is -0.138. The maximum atomic E-state index is 12.7. The number of nitrogens with one attached hydrogen (secondary N) is 1. The Bertz CT molecular complexity index is 628. The van der Waals surface area contributed by atoms with Crippen LogP contribution < -0.4 is 5.32 Å². The van der Waals surface area contributed by atoms with Crippen molar-refractivity contribution in [3.05, 3.63) is 17.8 Å². The minimum atomic E-state index is -0.170. The number of aromatic nitrogens is 1. The van der Waals surface area contributed by atoms with Crippen molar-refractivity contribution in [3.63, 3.8) is 0 Å². The smallest absolute Gasteiger partial charge is 0.273 e. The maximum Gasteiger partial charge on any atom is 0.273 e. The molecule has 2 amide bonds. The summed E-state index contributed by atoms with van der Waals surface area (Å²) in [6, 6.07) is 0.493. The highest BCUT2D eigenvalue weighted by atomic mass is 16.3. The molecule has 0 unspecified atom stereocenters. The maximum absolute atomic E-state index is 12.7. The predicted octanol–water partition coefficient (Wildman–Crippen LogP) is 4.05. The molecule has 27 heavy (non-hydrogen) atoms. The first kappa shape index (κ1) is 19.9. The van der Waals surface area contributed by atoms with E-state index in [4.69, 9.17) is 4.42 Å². The van der Waals surface area contributed by atoms with Gasteiger partial charge in [0.05, 0.1) is 6.54 Å². The summed E-state index contributed by atoms with van der Waals surface area (Å²) in [4.78, 5) is 31.5. The second-order valence-electron chi connectivity index (χ2n) is 8.35. The standard InChI is InChI=1S/C21H33N3O3/c1-15(2)21(26)24(17-11-7-4-8-12-17)13-19-23-18(14-27-19)20(25)22-16-9-5-3-6-10-16/h14-17H,3-13H2,1-2H3,(H,22,25). The quantitative estimate of drug-likeness (QED) is 0.814. The lowest BCUT2D eigenvalue weighted by Gasteiger charge is -2.34. The van der Waals surface area contributed by atoms with Crippen molar-refractivity contribution in [2.75, 3.05) is 0 Å². The second-order valence-corrected chi connectivity index (χ2v) is 8.35. The molecule has 0 aliphatic heterocycles. The van der Waals surface area contributed by atoms with Gasteiger partial charge in [-0.2, -0.15) is 0 Å². The Balaban J connectivity index is 1.64. The molecule has 1 heterocycles. The van der Waals surface area contributed by atoms with Crippen molar-refractivity contribution in [2.24, 2.45) is 5.92 Å². The molecule has 6 heteroatoms. The fourth-order valence-corrected chi connectivity index (χ4v) is 4.25. The van der Waals surface area contributed by atoms with Gasteiger partial charge in [0, 0.05) is 18.0 Å². The highest BCUT2D eigenvalue weighted by Gasteiger charge is 2.29. The molecule has 2 fully saturated rings. The third-order valence-corrected chi connectivity index (χ3v) is 5.82. The van der Waals surface area contributed by atoms with E-state index in [1.54, 1.807) is 0 Å². The number of rotatable bonds is 6. The van der Waals surface area contributed by atoms with Crippen LogP contribution in [0.4, 0.5) is 0 Å². The molecule has 1 aromatic rings. The Kier molecular flexibility index (Phi) is 6.91. The molecule has 0 aromatic carbocycles. The van der Waals surface area contributed by atoms with E-state index in [9.17, 15) is 9.59 Å². The summed E-state index contributed by atoms with van der Waals surface area (Å²) in [5, 5.41) is 3.06. The normalized spacial score (nSPS) is 19.2. The van der Waals surface area contributed by atoms with Crippen LogP contribution in [0.15, 0.2) is 10.7 Å². The highest BCUT2D eigenvalue weighted by Crippen LogP contribution is 2.25. The Hall–Kier alpha value is -1.85. The summed E-state index contributed by atoms with van der Waals surface area (Å²) >= 11 is 0. The van der Waals surface area contributed by atoms with Crippen molar-refractivity contribution in [1.29, 1.82) is 0 Å². The van der Waals surface area contributed by atoms with Crippen molar-refractivity contribution in [2.45, 2.75) is 96.7 Å². The van der Waals surface area contributed by atoms with E-state index in [-0.39, 0.29) is 29.8 Å². The topological polar surface area (TPSA) is 75.4 Å². The van der Waals surface area contributed by atoms with Gasteiger partial charge in [0.15, 0.2) is 5.69 Å². The number of nitrogens with zero attached hydrogens (tertiary/aromatic N) is 2. The molecule has 2 saturated carbocycles. The van der Waals surface area contributed by atoms with E-state index < -0.39 is 0 Å². The third-order valence-electron chi connectivity index (χ3n) is 5.82. The average Bonchev–Trinajstić information content (AvgIpc) is 3.16. The van der Waals surface area contributed by atoms with Crippen molar-refractivity contribution in [3.8, 4) is 0 Å². The molecule has 0 saturated heterocycles. The predicted molar refractivity (Wildman–Crippen MR) is 103 cm³/mol. The summed E-state index contributed by atoms with van der Waals surface area (Å²) in [5.41, 5.74) is 0.316. The molecular weight excluding hydrogens is 342 g/mol. The van der Waals surface area contributed by atoms with Crippen LogP contribution in [-0.2, 0) is 11.3 Å². The molecule has 1 N–H and O–H groups in total. The fraction of sp³-hybridized carbons (Fsp3) is 0.762. The lowest BCUT2D eigenvalue weighted by atomic mass is 9.93. The van der Waals surface area contributed by atoms with Gasteiger partial charge in [0.2, 0.25) is 11.8 Å².